The first-order chi connectivity index (χ1) is 9.02. The summed E-state index contributed by atoms with van der Waals surface area (Å²) >= 11 is 0. The molecule has 0 spiro atoms. The smallest absolute Gasteiger partial charge is 0.379 e. The van der Waals surface area contributed by atoms with E-state index < -0.39 is 23.4 Å². The van der Waals surface area contributed by atoms with Crippen LogP contribution < -0.4 is 0 Å². The number of nitrogens with zero attached hydrogens (tertiary/aromatic N) is 2. The van der Waals surface area contributed by atoms with Gasteiger partial charge in [0.25, 0.3) is 11.7 Å². The van der Waals surface area contributed by atoms with Gasteiger partial charge in [0.2, 0.25) is 0 Å². The number of carbonyl (C=O) groups excluding carboxylic acids is 1. The average molecular weight is 270 g/mol. The molecule has 1 aromatic heterocycles. The van der Waals surface area contributed by atoms with Gasteiger partial charge in [-0.1, -0.05) is 0 Å². The molecule has 0 radical (unpaired) electrons. The van der Waals surface area contributed by atoms with Crippen molar-refractivity contribution in [2.45, 2.75) is 6.92 Å². The van der Waals surface area contributed by atoms with Crippen LogP contribution in [0.25, 0.3) is 11.5 Å². The van der Waals surface area contributed by atoms with Crippen LogP contribution in [0.2, 0.25) is 0 Å². The zero-order valence-corrected chi connectivity index (χ0v) is 9.68. The summed E-state index contributed by atoms with van der Waals surface area (Å²) in [5.41, 5.74) is -0.0561. The number of halogens is 2. The zero-order valence-electron chi connectivity index (χ0n) is 9.68. The van der Waals surface area contributed by atoms with Crippen LogP contribution >= 0.6 is 0 Å². The number of ether oxygens (including phenoxy) is 1. The molecule has 0 amide bonds. The molecular weight excluding hydrogens is 262 g/mol. The molecule has 2 rings (SSSR count). The highest BCUT2D eigenvalue weighted by Crippen LogP contribution is 2.26. The molecule has 0 saturated heterocycles. The number of aromatic nitrogens is 2. The maximum Gasteiger partial charge on any atom is 0.379 e. The number of esters is 1. The zero-order chi connectivity index (χ0) is 14.0. The number of phenols is 1. The van der Waals surface area contributed by atoms with Gasteiger partial charge < -0.3 is 14.4 Å². The van der Waals surface area contributed by atoms with Crippen molar-refractivity contribution in [3.8, 4) is 17.2 Å². The molecule has 100 valence electrons. The molecule has 0 saturated carbocycles. The van der Waals surface area contributed by atoms with Crippen molar-refractivity contribution in [1.82, 2.24) is 10.1 Å². The summed E-state index contributed by atoms with van der Waals surface area (Å²) in [5.74, 6) is -4.94. The first-order valence-corrected chi connectivity index (χ1v) is 5.22. The molecule has 1 heterocycles. The molecule has 8 heteroatoms. The summed E-state index contributed by atoms with van der Waals surface area (Å²) in [6.07, 6.45) is 0. The molecule has 1 N–H and O–H groups in total. The van der Waals surface area contributed by atoms with Crippen molar-refractivity contribution in [2.75, 3.05) is 6.61 Å². The highest BCUT2D eigenvalue weighted by Gasteiger charge is 2.19. The fraction of sp³-hybridized carbons (Fsp3) is 0.182. The van der Waals surface area contributed by atoms with Crippen molar-refractivity contribution >= 4 is 5.97 Å². The van der Waals surface area contributed by atoms with Gasteiger partial charge in [-0.2, -0.15) is 9.37 Å². The maximum absolute atomic E-state index is 13.1. The third-order valence-electron chi connectivity index (χ3n) is 2.14. The second-order valence-electron chi connectivity index (χ2n) is 3.43. The molecule has 0 atom stereocenters. The second-order valence-corrected chi connectivity index (χ2v) is 3.43. The van der Waals surface area contributed by atoms with Crippen LogP contribution in [0.15, 0.2) is 16.7 Å². The molecular formula is C11H8F2N2O4. The van der Waals surface area contributed by atoms with Gasteiger partial charge in [-0.25, -0.2) is 9.18 Å². The van der Waals surface area contributed by atoms with E-state index in [-0.39, 0.29) is 23.9 Å². The summed E-state index contributed by atoms with van der Waals surface area (Å²) in [5, 5.41) is 12.5. The molecule has 0 fully saturated rings. The van der Waals surface area contributed by atoms with Gasteiger partial charge in [-0.05, 0) is 24.2 Å². The first-order valence-electron chi connectivity index (χ1n) is 5.22. The Morgan fingerprint density at radius 2 is 2.21 bits per heavy atom. The molecule has 1 aromatic carbocycles. The van der Waals surface area contributed by atoms with Gasteiger partial charge in [-0.15, -0.1) is 0 Å². The van der Waals surface area contributed by atoms with Gasteiger partial charge >= 0.3 is 5.97 Å². The highest BCUT2D eigenvalue weighted by molar-refractivity contribution is 5.85. The predicted molar refractivity (Wildman–Crippen MR) is 57.3 cm³/mol. The van der Waals surface area contributed by atoms with E-state index in [2.05, 4.69) is 14.9 Å². The molecule has 0 bridgehead atoms. The van der Waals surface area contributed by atoms with E-state index in [1.165, 1.54) is 0 Å². The quantitative estimate of drug-likeness (QED) is 0.857. The number of hydrogen-bond donors (Lipinski definition) is 1. The van der Waals surface area contributed by atoms with Crippen molar-refractivity contribution in [3.63, 3.8) is 0 Å². The number of benzene rings is 1. The maximum atomic E-state index is 13.1. The van der Waals surface area contributed by atoms with Crippen LogP contribution in [0.5, 0.6) is 5.75 Å². The highest BCUT2D eigenvalue weighted by atomic mass is 19.2. The standard InChI is InChI=1S/C11H8F2N2O4/c1-2-18-11(17)9-14-10(19-15-9)5-3-6(12)8(13)7(16)4-5/h3-4,16H,2H2,1H3. The Bertz CT molecular complexity index is 604. The molecule has 0 unspecified atom stereocenters. The van der Waals surface area contributed by atoms with Gasteiger partial charge in [0.1, 0.15) is 0 Å². The molecule has 0 aliphatic heterocycles. The van der Waals surface area contributed by atoms with Crippen molar-refractivity contribution in [3.05, 3.63) is 29.6 Å². The summed E-state index contributed by atoms with van der Waals surface area (Å²) in [4.78, 5) is 14.9. The Hall–Kier alpha value is -2.51. The van der Waals surface area contributed by atoms with E-state index in [9.17, 15) is 13.6 Å². The number of carbonyl (C=O) groups is 1. The number of aromatic hydroxyl groups is 1. The molecule has 2 aromatic rings. The summed E-state index contributed by atoms with van der Waals surface area (Å²) in [6, 6.07) is 1.67. The topological polar surface area (TPSA) is 85.5 Å². The molecule has 6 nitrogen and oxygen atoms in total. The lowest BCUT2D eigenvalue weighted by molar-refractivity contribution is 0.0508. The van der Waals surface area contributed by atoms with E-state index in [0.29, 0.717) is 0 Å². The number of phenolic OH excluding ortho intramolecular Hbond substituents is 1. The van der Waals surface area contributed by atoms with Crippen LogP contribution in [-0.4, -0.2) is 27.8 Å². The van der Waals surface area contributed by atoms with Gasteiger partial charge in [0.15, 0.2) is 17.4 Å². The second kappa shape index (κ2) is 5.01. The van der Waals surface area contributed by atoms with Gasteiger partial charge in [0, 0.05) is 5.56 Å². The van der Waals surface area contributed by atoms with Crippen LogP contribution in [0.3, 0.4) is 0 Å². The van der Waals surface area contributed by atoms with Crippen LogP contribution in [0, 0.1) is 11.6 Å². The molecule has 19 heavy (non-hydrogen) atoms. The Balaban J connectivity index is 2.35. The summed E-state index contributed by atoms with van der Waals surface area (Å²) in [7, 11) is 0. The summed E-state index contributed by atoms with van der Waals surface area (Å²) in [6.45, 7) is 1.74. The van der Waals surface area contributed by atoms with E-state index in [0.717, 1.165) is 12.1 Å². The first kappa shape index (κ1) is 12.9. The lowest BCUT2D eigenvalue weighted by Gasteiger charge is -1.99. The van der Waals surface area contributed by atoms with E-state index in [1.54, 1.807) is 6.92 Å². The van der Waals surface area contributed by atoms with E-state index >= 15 is 0 Å². The third kappa shape index (κ3) is 2.51. The Morgan fingerprint density at radius 3 is 2.84 bits per heavy atom. The number of hydrogen-bond acceptors (Lipinski definition) is 6. The minimum atomic E-state index is -1.38. The van der Waals surface area contributed by atoms with Crippen molar-refractivity contribution in [1.29, 1.82) is 0 Å². The fourth-order valence-corrected chi connectivity index (χ4v) is 1.32. The minimum absolute atomic E-state index is 0.0561. The van der Waals surface area contributed by atoms with Crippen molar-refractivity contribution < 1.29 is 27.9 Å². The van der Waals surface area contributed by atoms with Gasteiger partial charge in [-0.3, -0.25) is 0 Å². The average Bonchev–Trinajstić information content (AvgIpc) is 2.85. The third-order valence-corrected chi connectivity index (χ3v) is 2.14. The lowest BCUT2D eigenvalue weighted by atomic mass is 10.2. The van der Waals surface area contributed by atoms with Crippen LogP contribution in [-0.2, 0) is 4.74 Å². The molecule has 0 aliphatic rings. The van der Waals surface area contributed by atoms with Crippen LogP contribution in [0.4, 0.5) is 8.78 Å². The summed E-state index contributed by atoms with van der Waals surface area (Å²) < 4.78 is 35.3. The van der Waals surface area contributed by atoms with Crippen molar-refractivity contribution in [2.24, 2.45) is 0 Å². The van der Waals surface area contributed by atoms with Gasteiger partial charge in [0.05, 0.1) is 6.61 Å². The number of rotatable bonds is 3. The monoisotopic (exact) mass is 270 g/mol. The van der Waals surface area contributed by atoms with Crippen LogP contribution in [0.1, 0.15) is 17.5 Å². The van der Waals surface area contributed by atoms with E-state index in [1.807, 2.05) is 0 Å². The Labute approximate surface area is 105 Å². The molecule has 0 aliphatic carbocycles. The largest absolute Gasteiger partial charge is 0.505 e. The van der Waals surface area contributed by atoms with E-state index in [4.69, 9.17) is 9.63 Å². The Morgan fingerprint density at radius 1 is 1.47 bits per heavy atom. The lowest BCUT2D eigenvalue weighted by Crippen LogP contribution is -2.06. The minimum Gasteiger partial charge on any atom is -0.505 e. The SMILES string of the molecule is CCOC(=O)c1noc(-c2cc(O)c(F)c(F)c2)n1. The normalized spacial score (nSPS) is 10.5. The fourth-order valence-electron chi connectivity index (χ4n) is 1.32. The predicted octanol–water partition coefficient (Wildman–Crippen LogP) is 1.90. The Kier molecular flexibility index (Phi) is 3.41.